The molecule has 0 fully saturated rings. The Hall–Kier alpha value is -3.11. The lowest BCUT2D eigenvalue weighted by molar-refractivity contribution is 0.414. The second-order valence-electron chi connectivity index (χ2n) is 7.56. The van der Waals surface area contributed by atoms with Crippen molar-refractivity contribution in [1.82, 2.24) is 9.55 Å². The summed E-state index contributed by atoms with van der Waals surface area (Å²) in [5.41, 5.74) is 11.4. The normalized spacial score (nSPS) is 12.2. The lowest BCUT2D eigenvalue weighted by Gasteiger charge is -2.13. The number of fused-ring (bicyclic) bond motifs is 1. The summed E-state index contributed by atoms with van der Waals surface area (Å²) in [6.07, 6.45) is 6.53. The van der Waals surface area contributed by atoms with Crippen molar-refractivity contribution in [2.75, 3.05) is 7.11 Å². The second kappa shape index (κ2) is 8.50. The number of hydrogen-bond donors (Lipinski definition) is 1. The summed E-state index contributed by atoms with van der Waals surface area (Å²) < 4.78 is 7.50. The van der Waals surface area contributed by atoms with Gasteiger partial charge in [-0.15, -0.1) is 0 Å². The standard InChI is InChI=1S/C25H27N3O/c1-28-23(8-7-22(26)15-18-3-10-24(29-2)11-4-18)9-12-25(28)20-5-6-21-17-27-14-13-19(21)16-20/h3-6,9-14,16-17,22H,7-8,15,26H2,1-2H3/t22-/m1/s1. The molecule has 148 valence electrons. The highest BCUT2D eigenvalue weighted by Crippen LogP contribution is 2.26. The van der Waals surface area contributed by atoms with Crippen LogP contribution in [0, 0.1) is 0 Å². The van der Waals surface area contributed by atoms with E-state index < -0.39 is 0 Å². The number of pyridine rings is 1. The van der Waals surface area contributed by atoms with E-state index in [9.17, 15) is 0 Å². The summed E-state index contributed by atoms with van der Waals surface area (Å²) in [5, 5.41) is 2.37. The molecule has 1 atom stereocenters. The van der Waals surface area contributed by atoms with E-state index in [0.29, 0.717) is 0 Å². The molecule has 4 heteroatoms. The lowest BCUT2D eigenvalue weighted by atomic mass is 10.0. The maximum Gasteiger partial charge on any atom is 0.118 e. The van der Waals surface area contributed by atoms with Crippen molar-refractivity contribution in [2.45, 2.75) is 25.3 Å². The fourth-order valence-electron chi connectivity index (χ4n) is 3.84. The van der Waals surface area contributed by atoms with Crippen molar-refractivity contribution in [1.29, 1.82) is 0 Å². The van der Waals surface area contributed by atoms with Crippen LogP contribution in [0.4, 0.5) is 0 Å². The Kier molecular flexibility index (Phi) is 5.63. The molecule has 0 bridgehead atoms. The van der Waals surface area contributed by atoms with E-state index in [2.05, 4.69) is 65.1 Å². The molecule has 2 aromatic heterocycles. The van der Waals surface area contributed by atoms with E-state index in [4.69, 9.17) is 10.5 Å². The number of nitrogens with zero attached hydrogens (tertiary/aromatic N) is 2. The van der Waals surface area contributed by atoms with Crippen LogP contribution in [-0.4, -0.2) is 22.7 Å². The van der Waals surface area contributed by atoms with Gasteiger partial charge in [-0.25, -0.2) is 0 Å². The summed E-state index contributed by atoms with van der Waals surface area (Å²) in [5.74, 6) is 0.878. The molecule has 4 aromatic rings. The van der Waals surface area contributed by atoms with Crippen molar-refractivity contribution in [3.05, 3.63) is 84.3 Å². The Morgan fingerprint density at radius 3 is 2.62 bits per heavy atom. The Labute approximate surface area is 172 Å². The van der Waals surface area contributed by atoms with E-state index in [1.165, 1.54) is 27.9 Å². The van der Waals surface area contributed by atoms with Crippen LogP contribution in [-0.2, 0) is 19.9 Å². The number of aromatic nitrogens is 2. The van der Waals surface area contributed by atoms with Gasteiger partial charge in [0.25, 0.3) is 0 Å². The van der Waals surface area contributed by atoms with Crippen molar-refractivity contribution in [3.8, 4) is 17.0 Å². The van der Waals surface area contributed by atoms with Crippen molar-refractivity contribution >= 4 is 10.8 Å². The Bertz CT molecular complexity index is 1100. The third kappa shape index (κ3) is 4.33. The van der Waals surface area contributed by atoms with E-state index in [-0.39, 0.29) is 6.04 Å². The van der Waals surface area contributed by atoms with Gasteiger partial charge < -0.3 is 15.0 Å². The number of ether oxygens (including phenoxy) is 1. The van der Waals surface area contributed by atoms with E-state index in [1.807, 2.05) is 24.5 Å². The van der Waals surface area contributed by atoms with Gasteiger partial charge in [-0.1, -0.05) is 24.3 Å². The third-order valence-electron chi connectivity index (χ3n) is 5.59. The van der Waals surface area contributed by atoms with Crippen molar-refractivity contribution < 1.29 is 4.74 Å². The van der Waals surface area contributed by atoms with Crippen LogP contribution >= 0.6 is 0 Å². The summed E-state index contributed by atoms with van der Waals surface area (Å²) in [4.78, 5) is 4.19. The number of aryl methyl sites for hydroxylation is 1. The van der Waals surface area contributed by atoms with Crippen LogP contribution in [0.1, 0.15) is 17.7 Å². The molecule has 0 aliphatic heterocycles. The van der Waals surface area contributed by atoms with Crippen LogP contribution in [0.3, 0.4) is 0 Å². The predicted molar refractivity (Wildman–Crippen MR) is 119 cm³/mol. The molecule has 0 aliphatic rings. The average molecular weight is 386 g/mol. The van der Waals surface area contributed by atoms with Crippen molar-refractivity contribution in [3.63, 3.8) is 0 Å². The molecule has 0 aliphatic carbocycles. The fraction of sp³-hybridized carbons (Fsp3) is 0.240. The zero-order chi connectivity index (χ0) is 20.2. The minimum Gasteiger partial charge on any atom is -0.497 e. The molecule has 2 N–H and O–H groups in total. The molecule has 4 nitrogen and oxygen atoms in total. The summed E-state index contributed by atoms with van der Waals surface area (Å²) in [7, 11) is 3.82. The molecule has 2 heterocycles. The minimum absolute atomic E-state index is 0.134. The van der Waals surface area contributed by atoms with Crippen LogP contribution in [0.2, 0.25) is 0 Å². The second-order valence-corrected chi connectivity index (χ2v) is 7.56. The van der Waals surface area contributed by atoms with Crippen LogP contribution in [0.25, 0.3) is 22.0 Å². The topological polar surface area (TPSA) is 53.1 Å². The van der Waals surface area contributed by atoms with Gasteiger partial charge in [0.2, 0.25) is 0 Å². The van der Waals surface area contributed by atoms with Gasteiger partial charge in [0.05, 0.1) is 7.11 Å². The summed E-state index contributed by atoms with van der Waals surface area (Å²) >= 11 is 0. The first kappa shape index (κ1) is 19.2. The lowest BCUT2D eigenvalue weighted by Crippen LogP contribution is -2.23. The van der Waals surface area contributed by atoms with Gasteiger partial charge in [-0.05, 0) is 72.2 Å². The number of rotatable bonds is 7. The quantitative estimate of drug-likeness (QED) is 0.499. The molecule has 0 radical (unpaired) electrons. The highest BCUT2D eigenvalue weighted by molar-refractivity contribution is 5.86. The molecule has 0 unspecified atom stereocenters. The van der Waals surface area contributed by atoms with Gasteiger partial charge in [0, 0.05) is 42.3 Å². The van der Waals surface area contributed by atoms with Gasteiger partial charge in [-0.3, -0.25) is 4.98 Å². The van der Waals surface area contributed by atoms with E-state index in [1.54, 1.807) is 7.11 Å². The predicted octanol–water partition coefficient (Wildman–Crippen LogP) is 4.75. The average Bonchev–Trinajstić information content (AvgIpc) is 3.13. The fourth-order valence-corrected chi connectivity index (χ4v) is 3.84. The number of nitrogens with two attached hydrogens (primary N) is 1. The molecule has 4 rings (SSSR count). The maximum atomic E-state index is 6.41. The van der Waals surface area contributed by atoms with Crippen molar-refractivity contribution in [2.24, 2.45) is 12.8 Å². The minimum atomic E-state index is 0.134. The largest absolute Gasteiger partial charge is 0.497 e. The van der Waals surface area contributed by atoms with Gasteiger partial charge in [0.1, 0.15) is 5.75 Å². The molecule has 0 saturated carbocycles. The monoisotopic (exact) mass is 385 g/mol. The number of benzene rings is 2. The molecule has 0 spiro atoms. The Morgan fingerprint density at radius 1 is 1.00 bits per heavy atom. The first-order valence-electron chi connectivity index (χ1n) is 10.0. The molecular formula is C25H27N3O. The van der Waals surface area contributed by atoms with Gasteiger partial charge in [0.15, 0.2) is 0 Å². The first-order valence-corrected chi connectivity index (χ1v) is 10.0. The van der Waals surface area contributed by atoms with Crippen LogP contribution < -0.4 is 10.5 Å². The maximum absolute atomic E-state index is 6.41. The summed E-state index contributed by atoms with van der Waals surface area (Å²) in [6.45, 7) is 0. The molecular weight excluding hydrogens is 358 g/mol. The number of hydrogen-bond acceptors (Lipinski definition) is 3. The first-order chi connectivity index (χ1) is 14.1. The molecule has 29 heavy (non-hydrogen) atoms. The third-order valence-corrected chi connectivity index (χ3v) is 5.59. The van der Waals surface area contributed by atoms with Crippen LogP contribution in [0.5, 0.6) is 5.75 Å². The number of methoxy groups -OCH3 is 1. The van der Waals surface area contributed by atoms with E-state index >= 15 is 0 Å². The highest BCUT2D eigenvalue weighted by Gasteiger charge is 2.10. The van der Waals surface area contributed by atoms with Gasteiger partial charge >= 0.3 is 0 Å². The Morgan fingerprint density at radius 2 is 1.83 bits per heavy atom. The highest BCUT2D eigenvalue weighted by atomic mass is 16.5. The molecule has 0 amide bonds. The Balaban J connectivity index is 1.42. The van der Waals surface area contributed by atoms with Crippen LogP contribution in [0.15, 0.2) is 73.1 Å². The van der Waals surface area contributed by atoms with E-state index in [0.717, 1.165) is 30.4 Å². The summed E-state index contributed by atoms with van der Waals surface area (Å²) in [6, 6.07) is 21.3. The zero-order valence-electron chi connectivity index (χ0n) is 17.0. The zero-order valence-corrected chi connectivity index (χ0v) is 17.0. The molecule has 2 aromatic carbocycles. The SMILES string of the molecule is COc1ccc(C[C@H](N)CCc2ccc(-c3ccc4cnccc4c3)n2C)cc1. The molecule has 0 saturated heterocycles. The smallest absolute Gasteiger partial charge is 0.118 e. The van der Waals surface area contributed by atoms with Gasteiger partial charge in [-0.2, -0.15) is 0 Å².